The SMILES string of the molecule is C[C@H](Sc1nnc(-c2ccccc2F)o1)C(=O)N(C)[C@@H]1CCS(=O)(=O)C1. The van der Waals surface area contributed by atoms with E-state index < -0.39 is 20.9 Å². The molecule has 1 fully saturated rings. The van der Waals surface area contributed by atoms with Gasteiger partial charge < -0.3 is 9.32 Å². The van der Waals surface area contributed by atoms with E-state index in [-0.39, 0.29) is 40.1 Å². The fourth-order valence-electron chi connectivity index (χ4n) is 2.75. The molecule has 2 heterocycles. The molecule has 0 saturated carbocycles. The number of carbonyl (C=O) groups excluding carboxylic acids is 1. The van der Waals surface area contributed by atoms with Gasteiger partial charge in [-0.2, -0.15) is 0 Å². The standard InChI is InChI=1S/C16H18FN3O4S2/c1-10(15(21)20(2)11-7-8-26(22,23)9-11)25-16-19-18-14(24-16)12-5-3-4-6-13(12)17/h3-6,10-11H,7-9H2,1-2H3/t10-,11+/m0/s1. The van der Waals surface area contributed by atoms with Crippen molar-refractivity contribution in [2.24, 2.45) is 0 Å². The van der Waals surface area contributed by atoms with E-state index in [1.165, 1.54) is 17.0 Å². The maximum Gasteiger partial charge on any atom is 0.277 e. The summed E-state index contributed by atoms with van der Waals surface area (Å²) in [7, 11) is -1.47. The maximum atomic E-state index is 13.8. The van der Waals surface area contributed by atoms with Crippen LogP contribution in [-0.2, 0) is 14.6 Å². The van der Waals surface area contributed by atoms with Crippen molar-refractivity contribution in [2.45, 2.75) is 29.9 Å². The van der Waals surface area contributed by atoms with Crippen molar-refractivity contribution in [3.63, 3.8) is 0 Å². The largest absolute Gasteiger partial charge is 0.411 e. The number of halogens is 1. The minimum atomic E-state index is -3.07. The van der Waals surface area contributed by atoms with E-state index in [0.717, 1.165) is 11.8 Å². The predicted molar refractivity (Wildman–Crippen MR) is 94.8 cm³/mol. The van der Waals surface area contributed by atoms with Crippen molar-refractivity contribution in [3.05, 3.63) is 30.1 Å². The van der Waals surface area contributed by atoms with Crippen LogP contribution in [-0.4, -0.2) is 59.3 Å². The Morgan fingerprint density at radius 1 is 1.38 bits per heavy atom. The molecule has 10 heteroatoms. The number of hydrogen-bond donors (Lipinski definition) is 0. The molecule has 0 N–H and O–H groups in total. The molecule has 0 bridgehead atoms. The molecule has 26 heavy (non-hydrogen) atoms. The molecule has 0 radical (unpaired) electrons. The summed E-state index contributed by atoms with van der Waals surface area (Å²) in [5, 5.41) is 7.27. The molecule has 1 aromatic carbocycles. The molecule has 2 aromatic rings. The summed E-state index contributed by atoms with van der Waals surface area (Å²) in [5.41, 5.74) is 0.194. The van der Waals surface area contributed by atoms with Crippen molar-refractivity contribution in [1.29, 1.82) is 0 Å². The van der Waals surface area contributed by atoms with Crippen LogP contribution in [0.5, 0.6) is 0 Å². The molecule has 3 rings (SSSR count). The molecule has 7 nitrogen and oxygen atoms in total. The molecule has 140 valence electrons. The third kappa shape index (κ3) is 4.07. The molecule has 0 aliphatic carbocycles. The van der Waals surface area contributed by atoms with Gasteiger partial charge in [0.15, 0.2) is 9.84 Å². The monoisotopic (exact) mass is 399 g/mol. The lowest BCUT2D eigenvalue weighted by molar-refractivity contribution is -0.130. The Morgan fingerprint density at radius 2 is 2.12 bits per heavy atom. The molecule has 1 aromatic heterocycles. The Hall–Kier alpha value is -1.94. The molecule has 1 aliphatic heterocycles. The van der Waals surface area contributed by atoms with Gasteiger partial charge in [0.05, 0.1) is 22.3 Å². The lowest BCUT2D eigenvalue weighted by atomic mass is 10.2. The first-order valence-electron chi connectivity index (χ1n) is 7.99. The van der Waals surface area contributed by atoms with Crippen LogP contribution in [0.2, 0.25) is 0 Å². The minimum Gasteiger partial charge on any atom is -0.411 e. The Labute approximate surface area is 154 Å². The van der Waals surface area contributed by atoms with Crippen LogP contribution >= 0.6 is 11.8 Å². The van der Waals surface area contributed by atoms with Crippen molar-refractivity contribution in [2.75, 3.05) is 18.6 Å². The number of hydrogen-bond acceptors (Lipinski definition) is 7. The Kier molecular flexibility index (Phi) is 5.33. The van der Waals surface area contributed by atoms with Crippen LogP contribution in [0.1, 0.15) is 13.3 Å². The Bertz CT molecular complexity index is 916. The van der Waals surface area contributed by atoms with E-state index in [2.05, 4.69) is 10.2 Å². The van der Waals surface area contributed by atoms with Crippen LogP contribution in [0.25, 0.3) is 11.5 Å². The van der Waals surface area contributed by atoms with Gasteiger partial charge in [0, 0.05) is 13.1 Å². The lowest BCUT2D eigenvalue weighted by Crippen LogP contribution is -2.41. The van der Waals surface area contributed by atoms with Gasteiger partial charge in [0.1, 0.15) is 5.82 Å². The summed E-state index contributed by atoms with van der Waals surface area (Å²) in [5.74, 6) is -0.556. The summed E-state index contributed by atoms with van der Waals surface area (Å²) in [6, 6.07) is 5.73. The van der Waals surface area contributed by atoms with Gasteiger partial charge in [0.2, 0.25) is 5.91 Å². The van der Waals surface area contributed by atoms with Gasteiger partial charge in [-0.3, -0.25) is 4.79 Å². The van der Waals surface area contributed by atoms with Crippen LogP contribution in [0, 0.1) is 5.82 Å². The Morgan fingerprint density at radius 3 is 2.77 bits per heavy atom. The molecule has 2 atom stereocenters. The summed E-state index contributed by atoms with van der Waals surface area (Å²) in [6.45, 7) is 1.68. The highest BCUT2D eigenvalue weighted by molar-refractivity contribution is 8.00. The van der Waals surface area contributed by atoms with Crippen LogP contribution in [0.3, 0.4) is 0 Å². The normalized spacial score (nSPS) is 20.0. The highest BCUT2D eigenvalue weighted by Gasteiger charge is 2.34. The minimum absolute atomic E-state index is 0.00931. The first kappa shape index (κ1) is 18.8. The second-order valence-electron chi connectivity index (χ2n) is 6.12. The van der Waals surface area contributed by atoms with Gasteiger partial charge >= 0.3 is 0 Å². The van der Waals surface area contributed by atoms with Crippen LogP contribution < -0.4 is 0 Å². The molecule has 1 saturated heterocycles. The van der Waals surface area contributed by atoms with Gasteiger partial charge in [0.25, 0.3) is 11.1 Å². The van der Waals surface area contributed by atoms with Crippen LogP contribution in [0.4, 0.5) is 4.39 Å². The predicted octanol–water partition coefficient (Wildman–Crippen LogP) is 2.00. The van der Waals surface area contributed by atoms with Crippen LogP contribution in [0.15, 0.2) is 33.9 Å². The Balaban J connectivity index is 1.66. The lowest BCUT2D eigenvalue weighted by Gasteiger charge is -2.25. The number of carbonyl (C=O) groups is 1. The van der Waals surface area contributed by atoms with E-state index in [1.807, 2.05) is 0 Å². The second kappa shape index (κ2) is 7.36. The van der Waals surface area contributed by atoms with Gasteiger partial charge in [-0.15, -0.1) is 10.2 Å². The van der Waals surface area contributed by atoms with Gasteiger partial charge in [-0.25, -0.2) is 12.8 Å². The fraction of sp³-hybridized carbons (Fsp3) is 0.438. The van der Waals surface area contributed by atoms with E-state index in [1.54, 1.807) is 26.1 Å². The van der Waals surface area contributed by atoms with E-state index in [4.69, 9.17) is 4.42 Å². The maximum absolute atomic E-state index is 13.8. The average molecular weight is 399 g/mol. The topological polar surface area (TPSA) is 93.4 Å². The number of thioether (sulfide) groups is 1. The number of nitrogens with zero attached hydrogens (tertiary/aromatic N) is 3. The van der Waals surface area contributed by atoms with E-state index in [9.17, 15) is 17.6 Å². The third-order valence-corrected chi connectivity index (χ3v) is 6.91. The molecular weight excluding hydrogens is 381 g/mol. The molecule has 0 spiro atoms. The average Bonchev–Trinajstić information content (AvgIpc) is 3.20. The zero-order chi connectivity index (χ0) is 18.9. The number of sulfone groups is 1. The van der Waals surface area contributed by atoms with E-state index in [0.29, 0.717) is 6.42 Å². The van der Waals surface area contributed by atoms with Crippen molar-refractivity contribution >= 4 is 27.5 Å². The summed E-state index contributed by atoms with van der Waals surface area (Å²) >= 11 is 1.06. The molecule has 1 aliphatic rings. The smallest absolute Gasteiger partial charge is 0.277 e. The molecule has 1 amide bonds. The number of amides is 1. The van der Waals surface area contributed by atoms with Crippen molar-refractivity contribution < 1.29 is 22.0 Å². The highest BCUT2D eigenvalue weighted by Crippen LogP contribution is 2.29. The number of rotatable bonds is 5. The van der Waals surface area contributed by atoms with Crippen molar-refractivity contribution in [3.8, 4) is 11.5 Å². The number of benzene rings is 1. The first-order valence-corrected chi connectivity index (χ1v) is 10.7. The zero-order valence-electron chi connectivity index (χ0n) is 14.3. The third-order valence-electron chi connectivity index (χ3n) is 4.24. The van der Waals surface area contributed by atoms with Gasteiger partial charge in [-0.1, -0.05) is 23.9 Å². The first-order chi connectivity index (χ1) is 12.3. The molecule has 0 unspecified atom stereocenters. The molecular formula is C16H18FN3O4S2. The highest BCUT2D eigenvalue weighted by atomic mass is 32.2. The quantitative estimate of drug-likeness (QED) is 0.710. The fourth-order valence-corrected chi connectivity index (χ4v) is 5.31. The summed E-state index contributed by atoms with van der Waals surface area (Å²) < 4.78 is 42.4. The summed E-state index contributed by atoms with van der Waals surface area (Å²) in [4.78, 5) is 14.0. The zero-order valence-corrected chi connectivity index (χ0v) is 15.9. The van der Waals surface area contributed by atoms with Gasteiger partial charge in [-0.05, 0) is 25.5 Å². The second-order valence-corrected chi connectivity index (χ2v) is 9.64. The number of aromatic nitrogens is 2. The summed E-state index contributed by atoms with van der Waals surface area (Å²) in [6.07, 6.45) is 0.444. The van der Waals surface area contributed by atoms with E-state index >= 15 is 0 Å². The van der Waals surface area contributed by atoms with Crippen molar-refractivity contribution in [1.82, 2.24) is 15.1 Å².